The van der Waals surface area contributed by atoms with E-state index in [1.807, 2.05) is 12.1 Å². The van der Waals surface area contributed by atoms with Gasteiger partial charge in [0.25, 0.3) is 5.63 Å². The molecule has 0 saturated carbocycles. The summed E-state index contributed by atoms with van der Waals surface area (Å²) in [5, 5.41) is 9.47. The Kier molecular flexibility index (Phi) is 14.4. The first kappa shape index (κ1) is 35.0. The van der Waals surface area contributed by atoms with Crippen molar-refractivity contribution < 1.29 is 99.0 Å². The summed E-state index contributed by atoms with van der Waals surface area (Å²) >= 11 is 0.699. The van der Waals surface area contributed by atoms with Crippen molar-refractivity contribution in [2.24, 2.45) is 0 Å². The zero-order chi connectivity index (χ0) is 26.5. The maximum atomic E-state index is 12.6. The second kappa shape index (κ2) is 15.6. The molecule has 11 nitrogen and oxygen atoms in total. The van der Waals surface area contributed by atoms with Gasteiger partial charge < -0.3 is 19.0 Å². The molecule has 0 aliphatic carbocycles. The summed E-state index contributed by atoms with van der Waals surface area (Å²) in [5.41, 5.74) is 2.13. The van der Waals surface area contributed by atoms with Crippen LogP contribution in [0.2, 0.25) is 0 Å². The van der Waals surface area contributed by atoms with Crippen LogP contribution < -0.4 is 69.6 Å². The minimum absolute atomic E-state index is 0. The summed E-state index contributed by atoms with van der Waals surface area (Å²) in [6.07, 6.45) is 4.42. The van der Waals surface area contributed by atoms with Gasteiger partial charge in [0.2, 0.25) is 0 Å². The van der Waals surface area contributed by atoms with Gasteiger partial charge in [0.05, 0.1) is 10.1 Å². The van der Waals surface area contributed by atoms with Crippen molar-refractivity contribution in [3.8, 4) is 10.4 Å². The van der Waals surface area contributed by atoms with E-state index in [0.29, 0.717) is 23.3 Å². The van der Waals surface area contributed by atoms with Crippen LogP contribution in [0.5, 0.6) is 0 Å². The van der Waals surface area contributed by atoms with Gasteiger partial charge in [-0.3, -0.25) is 9.59 Å². The molecule has 1 aliphatic rings. The van der Waals surface area contributed by atoms with Crippen molar-refractivity contribution in [2.45, 2.75) is 42.7 Å². The Hall–Kier alpha value is -1.07. The monoisotopic (exact) mass is 601 g/mol. The number of aliphatic carboxylic acids is 1. The molecule has 3 heterocycles. The number of anilines is 1. The van der Waals surface area contributed by atoms with E-state index in [9.17, 15) is 22.6 Å². The summed E-state index contributed by atoms with van der Waals surface area (Å²) in [5.74, 6) is -0.778. The molecule has 1 N–H and O–H groups in total. The van der Waals surface area contributed by atoms with E-state index in [0.717, 1.165) is 61.5 Å². The predicted molar refractivity (Wildman–Crippen MR) is 129 cm³/mol. The number of carboxylic acids is 1. The number of hydrogen-bond donors (Lipinski definition) is 1. The second-order valence-corrected chi connectivity index (χ2v) is 11.0. The Bertz CT molecular complexity index is 1540. The smallest absolute Gasteiger partial charge is 0.753 e. The molecule has 4 rings (SSSR count). The third kappa shape index (κ3) is 9.84. The van der Waals surface area contributed by atoms with E-state index >= 15 is 0 Å². The fraction of sp³-hybridized carbons (Fsp3) is 0.364. The van der Waals surface area contributed by atoms with Gasteiger partial charge in [-0.05, 0) is 42.9 Å². The van der Waals surface area contributed by atoms with E-state index in [1.165, 1.54) is 0 Å². The third-order valence-corrected chi connectivity index (χ3v) is 7.82. The maximum Gasteiger partial charge on any atom is 1.00 e. The van der Waals surface area contributed by atoms with E-state index < -0.39 is 36.5 Å². The molecule has 0 radical (unpaired) electrons. The zero-order valence-electron chi connectivity index (χ0n) is 20.8. The van der Waals surface area contributed by atoms with Crippen molar-refractivity contribution in [1.29, 1.82) is 0 Å². The van der Waals surface area contributed by atoms with Gasteiger partial charge in [-0.2, -0.15) is 6.07 Å². The summed E-state index contributed by atoms with van der Waals surface area (Å²) in [6, 6.07) is 9.24. The SMILES string of the molecule is O=C(O)CCCCCN1CCCc2cc3cc(-c4[c-]cc(S(=O)(=O)[O-])s4)c(=O)oc3cc21.O=S(=O)=O.[Na+].[Na+]. The number of carboxylic acid groups (broad SMARTS) is 1. The summed E-state index contributed by atoms with van der Waals surface area (Å²) < 4.78 is 64.1. The Morgan fingerprint density at radius 1 is 1.16 bits per heavy atom. The molecule has 16 heteroatoms. The molecule has 1 aliphatic heterocycles. The van der Waals surface area contributed by atoms with Gasteiger partial charge in [0.15, 0.2) is 0 Å². The Balaban J connectivity index is 0.00000113. The number of thiophene rings is 1. The Morgan fingerprint density at radius 3 is 2.45 bits per heavy atom. The van der Waals surface area contributed by atoms with Gasteiger partial charge in [-0.15, -0.1) is 18.7 Å². The molecule has 3 aromatic rings. The molecule has 0 fully saturated rings. The van der Waals surface area contributed by atoms with E-state index in [2.05, 4.69) is 11.0 Å². The molecule has 0 saturated heterocycles. The fourth-order valence-corrected chi connectivity index (χ4v) is 5.52. The number of benzene rings is 1. The molecular weight excluding hydrogens is 580 g/mol. The summed E-state index contributed by atoms with van der Waals surface area (Å²) in [4.78, 5) is 25.7. The first-order valence-electron chi connectivity index (χ1n) is 10.8. The molecule has 38 heavy (non-hydrogen) atoms. The van der Waals surface area contributed by atoms with E-state index in [1.54, 1.807) is 6.07 Å². The van der Waals surface area contributed by atoms with Gasteiger partial charge >= 0.3 is 75.7 Å². The molecule has 1 aromatic carbocycles. The quantitative estimate of drug-likeness (QED) is 0.0896. The number of fused-ring (bicyclic) bond motifs is 2. The van der Waals surface area contributed by atoms with Crippen LogP contribution in [-0.2, 0) is 31.9 Å². The fourth-order valence-electron chi connectivity index (χ4n) is 3.96. The van der Waals surface area contributed by atoms with Gasteiger partial charge in [-0.1, -0.05) is 17.4 Å². The minimum Gasteiger partial charge on any atom is -0.753 e. The van der Waals surface area contributed by atoms with Crippen LogP contribution in [0.15, 0.2) is 37.7 Å². The number of rotatable bonds is 8. The first-order chi connectivity index (χ1) is 17.0. The van der Waals surface area contributed by atoms with Gasteiger partial charge in [0.1, 0.15) is 5.58 Å². The number of hydrogen-bond acceptors (Lipinski definition) is 11. The normalized spacial score (nSPS) is 12.4. The standard InChI is InChI=1S/C22H22NO7S2.2Na.O3S/c24-20(25)6-2-1-3-9-23-10-4-5-14-11-15-12-16(22(26)30-18(15)13-17(14)23)19-7-8-21(31-19)32(27,28)29;;;1-4(2)3/h8,11-13H,1-6,9-10H2,(H,24,25)(H,27,28,29);;;/q-1;2*+1;/p-1. The van der Waals surface area contributed by atoms with Crippen molar-refractivity contribution in [3.63, 3.8) is 0 Å². The molecule has 2 aromatic heterocycles. The van der Waals surface area contributed by atoms with Gasteiger partial charge in [0, 0.05) is 40.9 Å². The largest absolute Gasteiger partial charge is 1.00 e. The number of unbranched alkanes of at least 4 members (excludes halogenated alkanes) is 2. The van der Waals surface area contributed by atoms with Crippen LogP contribution in [0.3, 0.4) is 0 Å². The van der Waals surface area contributed by atoms with Crippen LogP contribution in [0.25, 0.3) is 21.4 Å². The van der Waals surface area contributed by atoms with E-state index in [-0.39, 0.29) is 76.0 Å². The van der Waals surface area contributed by atoms with Gasteiger partial charge in [-0.25, -0.2) is 19.8 Å². The van der Waals surface area contributed by atoms with Crippen LogP contribution in [0.4, 0.5) is 5.69 Å². The average Bonchev–Trinajstić information content (AvgIpc) is 3.27. The van der Waals surface area contributed by atoms with Crippen molar-refractivity contribution in [1.82, 2.24) is 0 Å². The number of carbonyl (C=O) groups is 1. The Morgan fingerprint density at radius 2 is 1.84 bits per heavy atom. The topological polar surface area (TPSA) is 179 Å². The van der Waals surface area contributed by atoms with Crippen LogP contribution in [-0.4, -0.2) is 49.8 Å². The number of nitrogens with zero attached hydrogens (tertiary/aromatic N) is 1. The maximum absolute atomic E-state index is 12.6. The molecule has 0 spiro atoms. The average molecular weight is 602 g/mol. The second-order valence-electron chi connectivity index (χ2n) is 7.96. The molecule has 194 valence electrons. The minimum atomic E-state index is -4.61. The van der Waals surface area contributed by atoms with E-state index in [4.69, 9.17) is 22.2 Å². The van der Waals surface area contributed by atoms with Crippen molar-refractivity contribution in [2.75, 3.05) is 18.0 Å². The summed E-state index contributed by atoms with van der Waals surface area (Å²) in [7, 11) is -7.72. The molecule has 0 amide bonds. The van der Waals surface area contributed by atoms with Crippen molar-refractivity contribution >= 4 is 54.7 Å². The zero-order valence-corrected chi connectivity index (χ0v) is 27.2. The number of aryl methyl sites for hydroxylation is 1. The Labute approximate surface area is 268 Å². The van der Waals surface area contributed by atoms with Crippen molar-refractivity contribution in [3.05, 3.63) is 46.3 Å². The molecule has 0 unspecified atom stereocenters. The molecule has 0 atom stereocenters. The van der Waals surface area contributed by atoms with Crippen LogP contribution in [0.1, 0.15) is 37.7 Å². The molecular formula is C22H21NNa2O10S3. The van der Waals surface area contributed by atoms with Crippen LogP contribution in [0, 0.1) is 6.07 Å². The predicted octanol–water partition coefficient (Wildman–Crippen LogP) is -3.37. The van der Waals surface area contributed by atoms with Crippen LogP contribution >= 0.6 is 11.3 Å². The third-order valence-electron chi connectivity index (χ3n) is 5.48. The molecule has 0 bridgehead atoms. The first-order valence-corrected chi connectivity index (χ1v) is 14.0. The summed E-state index contributed by atoms with van der Waals surface area (Å²) in [6.45, 7) is 1.69.